The van der Waals surface area contributed by atoms with E-state index in [1.807, 2.05) is 0 Å². The fourth-order valence-corrected chi connectivity index (χ4v) is 6.18. The van der Waals surface area contributed by atoms with Gasteiger partial charge in [-0.05, 0) is 281 Å². The largest absolute Gasteiger partial charge is 0.480 e. The van der Waals surface area contributed by atoms with Crippen LogP contribution < -0.4 is 26.8 Å². The Balaban J connectivity index is -0.00000127. The number of aromatic nitrogens is 1. The van der Waals surface area contributed by atoms with E-state index in [0.29, 0.717) is 16.7 Å². The average molecular weight is 1270 g/mol. The molecule has 0 aliphatic heterocycles. The first-order valence-electron chi connectivity index (χ1n) is 24.6. The van der Waals surface area contributed by atoms with Crippen LogP contribution in [0, 0.1) is 255 Å². The molecule has 1 heterocycles. The van der Waals surface area contributed by atoms with Crippen LogP contribution in [0.2, 0.25) is 0 Å². The highest BCUT2D eigenvalue weighted by Gasteiger charge is 2.31. The van der Waals surface area contributed by atoms with Crippen molar-refractivity contribution in [3.8, 4) is 239 Å². The minimum atomic E-state index is -4.44. The van der Waals surface area contributed by atoms with Crippen LogP contribution in [0.5, 0.6) is 0 Å². The number of aromatic amines is 1. The normalized spacial score (nSPS) is 8.21. The van der Waals surface area contributed by atoms with Gasteiger partial charge in [-0.15, -0.1) is 25.7 Å². The molecular weight excluding hydrogens is 1220 g/mol. The minimum absolute atomic E-state index is 0.0456. The van der Waals surface area contributed by atoms with Crippen molar-refractivity contribution in [3.05, 3.63) is 71.4 Å². The Labute approximate surface area is 543 Å². The van der Waals surface area contributed by atoms with Gasteiger partial charge in [-0.1, -0.05) is 54.3 Å². The zero-order valence-electron chi connectivity index (χ0n) is 49.1. The minimum Gasteiger partial charge on any atom is -0.480 e. The van der Waals surface area contributed by atoms with Gasteiger partial charge in [0.25, 0.3) is 0 Å². The molecule has 94 heavy (non-hydrogen) atoms. The highest BCUT2D eigenvalue weighted by Crippen LogP contribution is 2.20. The van der Waals surface area contributed by atoms with Gasteiger partial charge in [-0.3, -0.25) is 24.6 Å². The number of nitrogens with zero attached hydrogens (tertiary/aromatic N) is 4. The Morgan fingerprint density at radius 3 is 1.33 bits per heavy atom. The second-order valence-corrected chi connectivity index (χ2v) is 16.5. The number of amidine groups is 1. The molecule has 0 saturated carbocycles. The summed E-state index contributed by atoms with van der Waals surface area (Å²) in [4.78, 5) is 52.0. The van der Waals surface area contributed by atoms with Crippen molar-refractivity contribution in [1.82, 2.24) is 20.3 Å². The number of nitrogens with one attached hydrogen (secondary N) is 7. The van der Waals surface area contributed by atoms with E-state index in [0.717, 1.165) is 10.9 Å². The van der Waals surface area contributed by atoms with Gasteiger partial charge in [-0.2, -0.15) is 11.1 Å². The van der Waals surface area contributed by atoms with Crippen LogP contribution in [-0.2, 0) is 57.3 Å². The number of benzene rings is 2. The van der Waals surface area contributed by atoms with Gasteiger partial charge in [-0.25, -0.2) is 23.7 Å². The summed E-state index contributed by atoms with van der Waals surface area (Å²) in [7, 11) is -4.44. The lowest BCUT2D eigenvalue weighted by atomic mass is 10.0. The van der Waals surface area contributed by atoms with Crippen molar-refractivity contribution in [2.24, 2.45) is 32.4 Å². The van der Waals surface area contributed by atoms with E-state index in [1.165, 1.54) is 0 Å². The molecule has 0 aliphatic carbocycles. The maximum atomic E-state index is 13.4. The number of hydrogen-bond acceptors (Lipinski definition) is 14. The highest BCUT2D eigenvalue weighted by molar-refractivity contribution is 7.90. The first kappa shape index (κ1) is 83.3. The molecule has 26 heteroatoms. The maximum absolute atomic E-state index is 13.4. The van der Waals surface area contributed by atoms with Crippen LogP contribution in [0.25, 0.3) is 10.9 Å². The van der Waals surface area contributed by atoms with Crippen LogP contribution in [0.4, 0.5) is 0 Å². The van der Waals surface area contributed by atoms with Gasteiger partial charge in [0.05, 0.1) is 0 Å². The quantitative estimate of drug-likeness (QED) is 0.0205. The van der Waals surface area contributed by atoms with Gasteiger partial charge < -0.3 is 32.2 Å². The van der Waals surface area contributed by atoms with E-state index in [1.54, 1.807) is 68.6 Å². The lowest BCUT2D eigenvalue weighted by Gasteiger charge is -2.23. The molecule has 3 aromatic rings. The second kappa shape index (κ2) is 59.8. The van der Waals surface area contributed by atoms with Crippen LogP contribution >= 0.6 is 0 Å². The summed E-state index contributed by atoms with van der Waals surface area (Å²) in [5.74, 6) is 81.9. The van der Waals surface area contributed by atoms with Gasteiger partial charge >= 0.3 is 5.97 Å². The fourth-order valence-electron chi connectivity index (χ4n) is 5.14. The maximum Gasteiger partial charge on any atom is 0.320 e. The molecule has 0 fully saturated rings. The molecule has 0 aliphatic rings. The molecule has 2 atom stereocenters. The van der Waals surface area contributed by atoms with E-state index >= 15 is 0 Å². The zero-order valence-corrected chi connectivity index (χ0v) is 49.9. The van der Waals surface area contributed by atoms with Crippen LogP contribution in [0.1, 0.15) is 43.4 Å². The summed E-state index contributed by atoms with van der Waals surface area (Å²) in [6, 6.07) is 10.9. The van der Waals surface area contributed by atoms with Gasteiger partial charge in [0.2, 0.25) is 27.7 Å². The summed E-state index contributed by atoms with van der Waals surface area (Å²) in [5.41, 5.74) is 25.0. The molecule has 14 N–H and O–H groups in total. The van der Waals surface area contributed by atoms with Crippen molar-refractivity contribution < 1.29 is 58.3 Å². The number of hydrogen-bond donors (Lipinski definition) is 12. The molecular formula is C68H45N13O12S. The van der Waals surface area contributed by atoms with E-state index in [2.05, 4.69) is 269 Å². The molecule has 3 rings (SSSR count). The predicted molar refractivity (Wildman–Crippen MR) is 345 cm³/mol. The highest BCUT2D eigenvalue weighted by atomic mass is 32.2. The zero-order chi connectivity index (χ0) is 70.6. The topological polar surface area (TPSA) is 416 Å². The van der Waals surface area contributed by atoms with Crippen LogP contribution in [-0.4, -0.2) is 76.4 Å². The van der Waals surface area contributed by atoms with Gasteiger partial charge in [0.15, 0.2) is 5.75 Å². The Hall–Kier alpha value is -15.0. The molecule has 0 bridgehead atoms. The number of carboxylic acids is 1. The molecule has 460 valence electrons. The molecule has 3 amide bonds. The van der Waals surface area contributed by atoms with Crippen molar-refractivity contribution in [2.45, 2.75) is 51.7 Å². The number of nitrogens with two attached hydrogens (primary N) is 2. The second-order valence-electron chi connectivity index (χ2n) is 14.7. The predicted octanol–water partition coefficient (Wildman–Crippen LogP) is 2.16. The molecule has 0 radical (unpaired) electrons. The number of para-hydroxylation sites is 1. The SMILES string of the molecule is C#CC#CC#CC#CC#CC#CC.C#CC#CC#CC#CC#CC#CC#C.C#CC#CC#CC#CC#CC#CC#CC.N=C(N)c1ccc(CNC(=O)[C@H](CCC(N)=O)NC(=O)[C@@H](Cc2c[nH]c3ccccc23)NS(=O)(=O)CC(=O)O)cc1.N=N/N=N/N=N.OOOOO. The standard InChI is InChI=1S/C26H31N7O7S.C15H4.C14H2.C13H4.H2N6.H2O5/c27-22(34)10-9-20(25(37)31-12-15-5-7-16(8-6-15)24(28)29)32-26(38)21(33-41(39,40)14-23(35)36)11-17-13-30-19-4-2-1-3-18(17)19;1-3-5-7-9-11-13-15-14-12-10-8-6-4-2;1-3-5-7-9-11-13-14-12-10-8-6-4-2;1-3-5-7-9-11-13-12-10-8-6-4-2;1-3-5-6-4-2;1-3-5-4-2/h1-8,13,20-21,30,33H,9-12,14H2,(H2,27,34)(H3,28,29)(H,31,37)(H,32,38)(H,35,36);1H,2H3;1-2H;1H,2H3;1-2H;1-2H/b;;;;3-1?,4-2?,6-5+;/t20-,21+;;;;;/m0...../s1. The summed E-state index contributed by atoms with van der Waals surface area (Å²) in [6.45, 7) is 3.45. The average Bonchev–Trinajstić information content (AvgIpc) is 1.59. The van der Waals surface area contributed by atoms with Crippen molar-refractivity contribution in [3.63, 3.8) is 0 Å². The molecule has 0 saturated heterocycles. The third-order valence-corrected chi connectivity index (χ3v) is 9.78. The number of terminal acetylenes is 4. The van der Waals surface area contributed by atoms with E-state index in [4.69, 9.17) is 69.3 Å². The van der Waals surface area contributed by atoms with E-state index in [9.17, 15) is 27.6 Å². The number of aliphatic carboxylic acids is 1. The number of fused-ring (bicyclic) bond motifs is 1. The summed E-state index contributed by atoms with van der Waals surface area (Å²) < 4.78 is 27.1. The number of H-pyrrole nitrogens is 1. The molecule has 0 spiro atoms. The third-order valence-electron chi connectivity index (χ3n) is 8.51. The summed E-state index contributed by atoms with van der Waals surface area (Å²) in [6.07, 6.45) is 20.5. The van der Waals surface area contributed by atoms with Crippen LogP contribution in [0.3, 0.4) is 0 Å². The number of primary amides is 1. The fraction of sp³-hybridized carbons (Fsp3) is 0.132. The van der Waals surface area contributed by atoms with Crippen LogP contribution in [0.15, 0.2) is 75.6 Å². The Morgan fingerprint density at radius 2 is 0.989 bits per heavy atom. The number of carbonyl (C=O) groups excluding carboxylic acids is 3. The molecule has 1 aromatic heterocycles. The number of carboxylic acid groups (broad SMARTS) is 1. The van der Waals surface area contributed by atoms with Gasteiger partial charge in [0, 0.05) is 35.6 Å². The lowest BCUT2D eigenvalue weighted by Crippen LogP contribution is -2.55. The smallest absolute Gasteiger partial charge is 0.320 e. The Morgan fingerprint density at radius 1 is 0.596 bits per heavy atom. The number of carbonyl (C=O) groups is 4. The molecule has 2 aromatic carbocycles. The van der Waals surface area contributed by atoms with Crippen molar-refractivity contribution >= 4 is 50.5 Å². The first-order valence-corrected chi connectivity index (χ1v) is 26.2. The number of amides is 3. The molecule has 25 nitrogen and oxygen atoms in total. The molecule has 0 unspecified atom stereocenters. The van der Waals surface area contributed by atoms with E-state index < -0.39 is 51.6 Å². The Kier molecular flexibility index (Phi) is 52.9. The summed E-state index contributed by atoms with van der Waals surface area (Å²) in [5, 5.41) is 55.0. The van der Waals surface area contributed by atoms with Crippen molar-refractivity contribution in [2.75, 3.05) is 5.75 Å². The first-order chi connectivity index (χ1) is 45.4. The number of nitrogen functional groups attached to an aromatic ring is 1. The monoisotopic (exact) mass is 1270 g/mol. The third kappa shape index (κ3) is 51.5. The Bertz CT molecular complexity index is 4570. The summed E-state index contributed by atoms with van der Waals surface area (Å²) >= 11 is 0. The van der Waals surface area contributed by atoms with E-state index in [-0.39, 0.29) is 31.6 Å². The number of sulfonamides is 1. The van der Waals surface area contributed by atoms with Crippen molar-refractivity contribution in [1.29, 1.82) is 16.5 Å². The lowest BCUT2D eigenvalue weighted by molar-refractivity contribution is -0.695. The van der Waals surface area contributed by atoms with Gasteiger partial charge in [0.1, 0.15) is 17.9 Å². The number of rotatable bonds is 19.